The number of hydrogen-bond donors (Lipinski definition) is 1. The number of ketones is 1. The zero-order valence-electron chi connectivity index (χ0n) is 16.6. The summed E-state index contributed by atoms with van der Waals surface area (Å²) in [6.07, 6.45) is 1.11. The molecule has 152 valence electrons. The summed E-state index contributed by atoms with van der Waals surface area (Å²) >= 11 is 0. The molecule has 2 atom stereocenters. The van der Waals surface area contributed by atoms with Crippen molar-refractivity contribution in [1.82, 2.24) is 5.32 Å². The minimum atomic E-state index is -0.822. The van der Waals surface area contributed by atoms with E-state index in [0.29, 0.717) is 30.7 Å². The van der Waals surface area contributed by atoms with Crippen LogP contribution in [0.15, 0.2) is 54.6 Å². The standard InChI is InChI=1S/C23H25NO5/c1-28-20-11-7-6-10-17(20)21(26)24-15-23(16-8-4-3-5-9-16)13-12-19(25)18(14-23)22(27)29-2/h3-11,18H,12-15H2,1-2H3,(H,24,26). The number of amides is 1. The minimum absolute atomic E-state index is 0.112. The summed E-state index contributed by atoms with van der Waals surface area (Å²) in [5, 5.41) is 2.99. The van der Waals surface area contributed by atoms with Gasteiger partial charge in [-0.1, -0.05) is 42.5 Å². The Morgan fingerprint density at radius 1 is 1.07 bits per heavy atom. The van der Waals surface area contributed by atoms with E-state index < -0.39 is 17.3 Å². The number of ether oxygens (including phenoxy) is 2. The second-order valence-corrected chi connectivity index (χ2v) is 7.28. The average Bonchev–Trinajstić information content (AvgIpc) is 2.78. The molecule has 2 unspecified atom stereocenters. The van der Waals surface area contributed by atoms with Crippen molar-refractivity contribution in [2.45, 2.75) is 24.7 Å². The Bertz CT molecular complexity index is 887. The van der Waals surface area contributed by atoms with Crippen LogP contribution in [-0.4, -0.2) is 38.4 Å². The summed E-state index contributed by atoms with van der Waals surface area (Å²) < 4.78 is 10.1. The molecule has 1 aliphatic rings. The topological polar surface area (TPSA) is 81.7 Å². The molecule has 0 aromatic heterocycles. The van der Waals surface area contributed by atoms with Gasteiger partial charge in [0.15, 0.2) is 0 Å². The Kier molecular flexibility index (Phi) is 6.32. The summed E-state index contributed by atoms with van der Waals surface area (Å²) in [6.45, 7) is 0.300. The number of hydrogen-bond acceptors (Lipinski definition) is 5. The molecule has 6 heteroatoms. The van der Waals surface area contributed by atoms with E-state index in [1.807, 2.05) is 30.3 Å². The van der Waals surface area contributed by atoms with Crippen molar-refractivity contribution in [1.29, 1.82) is 0 Å². The van der Waals surface area contributed by atoms with Crippen LogP contribution in [0, 0.1) is 5.92 Å². The number of Topliss-reactive ketones (excluding diaryl/α,β-unsaturated/α-hetero) is 1. The Balaban J connectivity index is 1.88. The summed E-state index contributed by atoms with van der Waals surface area (Å²) in [7, 11) is 2.81. The largest absolute Gasteiger partial charge is 0.496 e. The molecule has 0 aliphatic heterocycles. The van der Waals surface area contributed by atoms with Crippen molar-refractivity contribution in [2.75, 3.05) is 20.8 Å². The Labute approximate surface area is 170 Å². The van der Waals surface area contributed by atoms with Gasteiger partial charge in [0.05, 0.1) is 19.8 Å². The molecule has 29 heavy (non-hydrogen) atoms. The summed E-state index contributed by atoms with van der Waals surface area (Å²) in [4.78, 5) is 37.4. The van der Waals surface area contributed by atoms with Gasteiger partial charge in [0, 0.05) is 18.4 Å². The second kappa shape index (κ2) is 8.90. The maximum absolute atomic E-state index is 12.8. The van der Waals surface area contributed by atoms with Crippen molar-refractivity contribution in [2.24, 2.45) is 5.92 Å². The Hall–Kier alpha value is -3.15. The molecule has 1 N–H and O–H groups in total. The number of nitrogens with one attached hydrogen (secondary N) is 1. The fraction of sp³-hybridized carbons (Fsp3) is 0.348. The van der Waals surface area contributed by atoms with Gasteiger partial charge in [-0.3, -0.25) is 14.4 Å². The van der Waals surface area contributed by atoms with Crippen LogP contribution in [-0.2, 0) is 19.7 Å². The second-order valence-electron chi connectivity index (χ2n) is 7.28. The highest BCUT2D eigenvalue weighted by molar-refractivity contribution is 6.00. The van der Waals surface area contributed by atoms with Crippen molar-refractivity contribution in [3.8, 4) is 5.75 Å². The monoisotopic (exact) mass is 395 g/mol. The van der Waals surface area contributed by atoms with Crippen LogP contribution in [0.3, 0.4) is 0 Å². The molecule has 2 aromatic carbocycles. The van der Waals surface area contributed by atoms with Crippen LogP contribution in [0.25, 0.3) is 0 Å². The molecule has 1 aliphatic carbocycles. The van der Waals surface area contributed by atoms with Crippen LogP contribution in [0.1, 0.15) is 35.2 Å². The third kappa shape index (κ3) is 4.31. The van der Waals surface area contributed by atoms with E-state index in [4.69, 9.17) is 9.47 Å². The zero-order valence-corrected chi connectivity index (χ0v) is 16.6. The molecule has 0 heterocycles. The molecule has 0 spiro atoms. The quantitative estimate of drug-likeness (QED) is 0.601. The van der Waals surface area contributed by atoms with Gasteiger partial charge in [-0.2, -0.15) is 0 Å². The molecule has 1 amide bonds. The maximum Gasteiger partial charge on any atom is 0.316 e. The lowest BCUT2D eigenvalue weighted by molar-refractivity contribution is -0.151. The molecule has 6 nitrogen and oxygen atoms in total. The maximum atomic E-state index is 12.8. The van der Waals surface area contributed by atoms with E-state index in [0.717, 1.165) is 5.56 Å². The van der Waals surface area contributed by atoms with Crippen LogP contribution >= 0.6 is 0 Å². The van der Waals surface area contributed by atoms with Crippen molar-refractivity contribution < 1.29 is 23.9 Å². The fourth-order valence-electron chi connectivity index (χ4n) is 3.99. The van der Waals surface area contributed by atoms with Gasteiger partial charge in [0.25, 0.3) is 5.91 Å². The first-order valence-electron chi connectivity index (χ1n) is 9.58. The van der Waals surface area contributed by atoms with Gasteiger partial charge in [-0.25, -0.2) is 0 Å². The lowest BCUT2D eigenvalue weighted by Crippen LogP contribution is -2.48. The van der Waals surface area contributed by atoms with E-state index in [1.54, 1.807) is 24.3 Å². The number of benzene rings is 2. The number of carbonyl (C=O) groups is 3. The summed E-state index contributed by atoms with van der Waals surface area (Å²) in [5.41, 5.74) is 0.891. The van der Waals surface area contributed by atoms with Crippen molar-refractivity contribution in [3.63, 3.8) is 0 Å². The van der Waals surface area contributed by atoms with Gasteiger partial charge in [0.2, 0.25) is 0 Å². The van der Waals surface area contributed by atoms with E-state index in [9.17, 15) is 14.4 Å². The SMILES string of the molecule is COC(=O)C1CC(CNC(=O)c2ccccc2OC)(c2ccccc2)CCC1=O. The normalized spacial score (nSPS) is 21.3. The highest BCUT2D eigenvalue weighted by atomic mass is 16.5. The van der Waals surface area contributed by atoms with Crippen LogP contribution in [0.2, 0.25) is 0 Å². The van der Waals surface area contributed by atoms with E-state index in [-0.39, 0.29) is 18.1 Å². The van der Waals surface area contributed by atoms with Gasteiger partial charge in [-0.15, -0.1) is 0 Å². The molecule has 3 rings (SSSR count). The highest BCUT2D eigenvalue weighted by Gasteiger charge is 2.45. The van der Waals surface area contributed by atoms with Gasteiger partial charge < -0.3 is 14.8 Å². The molecule has 0 saturated heterocycles. The van der Waals surface area contributed by atoms with E-state index in [1.165, 1.54) is 14.2 Å². The third-order valence-corrected chi connectivity index (χ3v) is 5.64. The summed E-state index contributed by atoms with van der Waals surface area (Å²) in [5.74, 6) is -1.23. The molecule has 1 saturated carbocycles. The smallest absolute Gasteiger partial charge is 0.316 e. The predicted molar refractivity (Wildman–Crippen MR) is 108 cm³/mol. The van der Waals surface area contributed by atoms with E-state index >= 15 is 0 Å². The first-order chi connectivity index (χ1) is 14.0. The van der Waals surface area contributed by atoms with E-state index in [2.05, 4.69) is 5.32 Å². The molecular formula is C23H25NO5. The molecule has 1 fully saturated rings. The first kappa shape index (κ1) is 20.6. The lowest BCUT2D eigenvalue weighted by Gasteiger charge is -2.40. The number of carbonyl (C=O) groups excluding carboxylic acids is 3. The lowest BCUT2D eigenvalue weighted by atomic mass is 9.65. The average molecular weight is 395 g/mol. The van der Waals surface area contributed by atoms with Crippen molar-refractivity contribution >= 4 is 17.7 Å². The molecule has 0 bridgehead atoms. The number of rotatable bonds is 6. The number of methoxy groups -OCH3 is 2. The molecule has 0 radical (unpaired) electrons. The first-order valence-corrected chi connectivity index (χ1v) is 9.58. The predicted octanol–water partition coefficient (Wildman–Crippen LogP) is 2.91. The third-order valence-electron chi connectivity index (χ3n) is 5.64. The highest BCUT2D eigenvalue weighted by Crippen LogP contribution is 2.41. The zero-order chi connectivity index (χ0) is 20.9. The molecular weight excluding hydrogens is 370 g/mol. The molecule has 2 aromatic rings. The number of para-hydroxylation sites is 1. The minimum Gasteiger partial charge on any atom is -0.496 e. The Morgan fingerprint density at radius 3 is 2.45 bits per heavy atom. The van der Waals surface area contributed by atoms with Crippen LogP contribution in [0.5, 0.6) is 5.75 Å². The van der Waals surface area contributed by atoms with Crippen LogP contribution < -0.4 is 10.1 Å². The Morgan fingerprint density at radius 2 is 1.76 bits per heavy atom. The van der Waals surface area contributed by atoms with Gasteiger partial charge in [-0.05, 0) is 30.5 Å². The van der Waals surface area contributed by atoms with Gasteiger partial charge in [0.1, 0.15) is 17.5 Å². The van der Waals surface area contributed by atoms with Crippen LogP contribution in [0.4, 0.5) is 0 Å². The number of esters is 1. The van der Waals surface area contributed by atoms with Crippen molar-refractivity contribution in [3.05, 3.63) is 65.7 Å². The fourth-order valence-corrected chi connectivity index (χ4v) is 3.99. The summed E-state index contributed by atoms with van der Waals surface area (Å²) in [6, 6.07) is 16.7. The van der Waals surface area contributed by atoms with Gasteiger partial charge >= 0.3 is 5.97 Å².